The number of ether oxygens (including phenoxy) is 3. The maximum atomic E-state index is 11.1. The van der Waals surface area contributed by atoms with Crippen molar-refractivity contribution in [2.45, 2.75) is 38.4 Å². The van der Waals surface area contributed by atoms with E-state index in [4.69, 9.17) is 14.2 Å². The van der Waals surface area contributed by atoms with E-state index in [1.54, 1.807) is 0 Å². The Hall–Kier alpha value is -1.23. The predicted molar refractivity (Wildman–Crippen MR) is 66.0 cm³/mol. The number of benzene rings is 1. The van der Waals surface area contributed by atoms with Crippen molar-refractivity contribution in [2.24, 2.45) is 0 Å². The van der Waals surface area contributed by atoms with Crippen molar-refractivity contribution in [3.8, 4) is 0 Å². The molecule has 0 N–H and O–H groups in total. The highest BCUT2D eigenvalue weighted by atomic mass is 16.7. The summed E-state index contributed by atoms with van der Waals surface area (Å²) in [5.41, 5.74) is 1.03. The number of aldehydes is 1. The quantitative estimate of drug-likeness (QED) is 0.749. The van der Waals surface area contributed by atoms with E-state index in [0.717, 1.165) is 11.8 Å². The highest BCUT2D eigenvalue weighted by Crippen LogP contribution is 2.25. The lowest BCUT2D eigenvalue weighted by atomic mass is 10.2. The van der Waals surface area contributed by atoms with Gasteiger partial charge in [0, 0.05) is 0 Å². The second-order valence-corrected chi connectivity index (χ2v) is 4.76. The third kappa shape index (κ3) is 3.38. The Morgan fingerprint density at radius 2 is 2.17 bits per heavy atom. The van der Waals surface area contributed by atoms with Gasteiger partial charge in [-0.3, -0.25) is 0 Å². The second kappa shape index (κ2) is 5.61. The Balaban J connectivity index is 1.89. The lowest BCUT2D eigenvalue weighted by Gasteiger charge is -2.20. The summed E-state index contributed by atoms with van der Waals surface area (Å²) < 4.78 is 16.6. The van der Waals surface area contributed by atoms with Crippen LogP contribution in [0.25, 0.3) is 0 Å². The smallest absolute Gasteiger partial charge is 0.163 e. The van der Waals surface area contributed by atoms with E-state index in [-0.39, 0.29) is 6.10 Å². The Morgan fingerprint density at radius 1 is 1.44 bits per heavy atom. The molecule has 1 aliphatic rings. The van der Waals surface area contributed by atoms with Gasteiger partial charge in [0.25, 0.3) is 0 Å². The first-order chi connectivity index (χ1) is 8.61. The SMILES string of the molecule is CC1(C)OCC(C(C=O)OCc2ccccc2)O1. The fourth-order valence-corrected chi connectivity index (χ4v) is 1.88. The van der Waals surface area contributed by atoms with Crippen LogP contribution in [0.1, 0.15) is 19.4 Å². The standard InChI is InChI=1S/C14H18O4/c1-14(2)17-10-13(18-14)12(8-15)16-9-11-6-4-3-5-7-11/h3-8,12-13H,9-10H2,1-2H3. The second-order valence-electron chi connectivity index (χ2n) is 4.76. The molecule has 0 bridgehead atoms. The predicted octanol–water partition coefficient (Wildman–Crippen LogP) is 1.92. The lowest BCUT2D eigenvalue weighted by Crippen LogP contribution is -2.34. The average molecular weight is 250 g/mol. The average Bonchev–Trinajstić information content (AvgIpc) is 2.72. The van der Waals surface area contributed by atoms with Crippen molar-refractivity contribution in [2.75, 3.05) is 6.61 Å². The molecular formula is C14H18O4. The van der Waals surface area contributed by atoms with Gasteiger partial charge in [0.2, 0.25) is 0 Å². The molecule has 0 aromatic heterocycles. The van der Waals surface area contributed by atoms with Gasteiger partial charge >= 0.3 is 0 Å². The monoisotopic (exact) mass is 250 g/mol. The Bertz CT molecular complexity index is 388. The molecule has 2 rings (SSSR count). The van der Waals surface area contributed by atoms with E-state index in [9.17, 15) is 4.79 Å². The molecule has 2 atom stereocenters. The number of hydrogen-bond donors (Lipinski definition) is 0. The summed E-state index contributed by atoms with van der Waals surface area (Å²) in [7, 11) is 0. The lowest BCUT2D eigenvalue weighted by molar-refractivity contribution is -0.160. The highest BCUT2D eigenvalue weighted by Gasteiger charge is 2.37. The molecule has 0 amide bonds. The van der Waals surface area contributed by atoms with Crippen LogP contribution in [-0.4, -0.2) is 30.9 Å². The van der Waals surface area contributed by atoms with Crippen LogP contribution in [0.5, 0.6) is 0 Å². The van der Waals surface area contributed by atoms with E-state index >= 15 is 0 Å². The largest absolute Gasteiger partial charge is 0.363 e. The van der Waals surface area contributed by atoms with Crippen molar-refractivity contribution in [1.29, 1.82) is 0 Å². The number of rotatable bonds is 5. The fraction of sp³-hybridized carbons (Fsp3) is 0.500. The minimum atomic E-state index is -0.637. The first-order valence-electron chi connectivity index (χ1n) is 6.03. The van der Waals surface area contributed by atoms with Crippen LogP contribution in [0.4, 0.5) is 0 Å². The molecule has 0 radical (unpaired) electrons. The van der Waals surface area contributed by atoms with Gasteiger partial charge in [-0.05, 0) is 19.4 Å². The Morgan fingerprint density at radius 3 is 2.72 bits per heavy atom. The summed E-state index contributed by atoms with van der Waals surface area (Å²) in [6.07, 6.45) is -0.147. The summed E-state index contributed by atoms with van der Waals surface area (Å²) in [6, 6.07) is 9.73. The van der Waals surface area contributed by atoms with E-state index in [1.165, 1.54) is 0 Å². The molecule has 1 fully saturated rings. The van der Waals surface area contributed by atoms with Crippen molar-refractivity contribution < 1.29 is 19.0 Å². The zero-order valence-electron chi connectivity index (χ0n) is 10.7. The molecule has 4 heteroatoms. The van der Waals surface area contributed by atoms with Crippen LogP contribution in [0, 0.1) is 0 Å². The van der Waals surface area contributed by atoms with Crippen LogP contribution < -0.4 is 0 Å². The van der Waals surface area contributed by atoms with Crippen LogP contribution in [-0.2, 0) is 25.6 Å². The molecule has 1 aromatic rings. The highest BCUT2D eigenvalue weighted by molar-refractivity contribution is 5.57. The maximum absolute atomic E-state index is 11.1. The van der Waals surface area contributed by atoms with Gasteiger partial charge in [0.15, 0.2) is 12.1 Å². The first kappa shape index (κ1) is 13.2. The van der Waals surface area contributed by atoms with Crippen molar-refractivity contribution in [3.63, 3.8) is 0 Å². The van der Waals surface area contributed by atoms with Crippen LogP contribution in [0.15, 0.2) is 30.3 Å². The molecule has 0 saturated carbocycles. The number of hydrogen-bond acceptors (Lipinski definition) is 4. The summed E-state index contributed by atoms with van der Waals surface area (Å²) in [4.78, 5) is 11.1. The normalized spacial score (nSPS) is 23.8. The molecule has 1 heterocycles. The van der Waals surface area contributed by atoms with Crippen LogP contribution in [0.2, 0.25) is 0 Å². The van der Waals surface area contributed by atoms with Gasteiger partial charge in [0.05, 0.1) is 13.2 Å². The van der Waals surface area contributed by atoms with Crippen molar-refractivity contribution in [3.05, 3.63) is 35.9 Å². The summed E-state index contributed by atoms with van der Waals surface area (Å²) >= 11 is 0. The third-order valence-electron chi connectivity index (χ3n) is 2.82. The van der Waals surface area contributed by atoms with E-state index in [1.807, 2.05) is 44.2 Å². The molecule has 98 valence electrons. The maximum Gasteiger partial charge on any atom is 0.163 e. The molecule has 4 nitrogen and oxygen atoms in total. The molecule has 1 aliphatic heterocycles. The minimum Gasteiger partial charge on any atom is -0.363 e. The van der Waals surface area contributed by atoms with Crippen molar-refractivity contribution >= 4 is 6.29 Å². The van der Waals surface area contributed by atoms with Gasteiger partial charge in [-0.1, -0.05) is 30.3 Å². The van der Waals surface area contributed by atoms with Gasteiger partial charge < -0.3 is 19.0 Å². The van der Waals surface area contributed by atoms with Gasteiger partial charge in [-0.25, -0.2) is 0 Å². The van der Waals surface area contributed by atoms with Gasteiger partial charge in [0.1, 0.15) is 12.2 Å². The van der Waals surface area contributed by atoms with E-state index < -0.39 is 11.9 Å². The number of carbonyl (C=O) groups excluding carboxylic acids is 1. The first-order valence-corrected chi connectivity index (χ1v) is 6.03. The zero-order valence-corrected chi connectivity index (χ0v) is 10.7. The fourth-order valence-electron chi connectivity index (χ4n) is 1.88. The van der Waals surface area contributed by atoms with Crippen LogP contribution in [0.3, 0.4) is 0 Å². The van der Waals surface area contributed by atoms with Gasteiger partial charge in [-0.2, -0.15) is 0 Å². The third-order valence-corrected chi connectivity index (χ3v) is 2.82. The Labute approximate surface area is 107 Å². The zero-order chi connectivity index (χ0) is 13.0. The molecule has 18 heavy (non-hydrogen) atoms. The Kier molecular flexibility index (Phi) is 4.11. The molecule has 0 spiro atoms. The molecule has 1 aromatic carbocycles. The van der Waals surface area contributed by atoms with E-state index in [2.05, 4.69) is 0 Å². The van der Waals surface area contributed by atoms with E-state index in [0.29, 0.717) is 13.2 Å². The molecule has 1 saturated heterocycles. The topological polar surface area (TPSA) is 44.8 Å². The molecular weight excluding hydrogens is 232 g/mol. The summed E-state index contributed by atoms with van der Waals surface area (Å²) in [5.74, 6) is -0.637. The molecule has 2 unspecified atom stereocenters. The summed E-state index contributed by atoms with van der Waals surface area (Å²) in [6.45, 7) is 4.42. The summed E-state index contributed by atoms with van der Waals surface area (Å²) in [5, 5.41) is 0. The van der Waals surface area contributed by atoms with Crippen LogP contribution >= 0.6 is 0 Å². The minimum absolute atomic E-state index is 0.332. The van der Waals surface area contributed by atoms with Crippen molar-refractivity contribution in [1.82, 2.24) is 0 Å². The number of carbonyl (C=O) groups is 1. The van der Waals surface area contributed by atoms with Gasteiger partial charge in [-0.15, -0.1) is 0 Å². The molecule has 0 aliphatic carbocycles.